The van der Waals surface area contributed by atoms with Crippen LogP contribution >= 0.6 is 0 Å². The van der Waals surface area contributed by atoms with Crippen molar-refractivity contribution in [1.82, 2.24) is 0 Å². The Morgan fingerprint density at radius 2 is 1.89 bits per heavy atom. The minimum Gasteiger partial charge on any atom is -0.398 e. The van der Waals surface area contributed by atoms with Crippen molar-refractivity contribution in [1.29, 1.82) is 0 Å². The minimum absolute atomic E-state index is 0.0669. The molecule has 106 valence electrons. The summed E-state index contributed by atoms with van der Waals surface area (Å²) in [6, 6.07) is 4.85. The molecule has 0 unspecified atom stereocenters. The van der Waals surface area contributed by atoms with Crippen molar-refractivity contribution in [2.24, 2.45) is 5.14 Å². The average Bonchev–Trinajstić information content (AvgIpc) is 2.30. The maximum atomic E-state index is 11.3. The predicted molar refractivity (Wildman–Crippen MR) is 76.7 cm³/mol. The molecule has 1 aromatic carbocycles. The predicted octanol–water partition coefficient (Wildman–Crippen LogP) is 0.239. The summed E-state index contributed by atoms with van der Waals surface area (Å²) in [7, 11) is -4.48. The summed E-state index contributed by atoms with van der Waals surface area (Å²) in [5.41, 5.74) is 6.57. The normalized spacial score (nSPS) is 24.1. The third-order valence-corrected chi connectivity index (χ3v) is 5.44. The van der Waals surface area contributed by atoms with Crippen LogP contribution in [-0.2, 0) is 20.8 Å². The second-order valence-electron chi connectivity index (χ2n) is 4.56. The Hall–Kier alpha value is -1.12. The van der Waals surface area contributed by atoms with Gasteiger partial charge in [0.25, 0.3) is 0 Å². The molecule has 2 rings (SSSR count). The van der Waals surface area contributed by atoms with E-state index in [0.29, 0.717) is 11.5 Å². The van der Waals surface area contributed by atoms with E-state index in [4.69, 9.17) is 10.9 Å². The summed E-state index contributed by atoms with van der Waals surface area (Å²) < 4.78 is 33.7. The number of nitrogen functional groups attached to an aromatic ring is 1. The maximum Gasteiger partial charge on any atom is 0.240 e. The van der Waals surface area contributed by atoms with Crippen molar-refractivity contribution in [2.75, 3.05) is 22.6 Å². The average molecular weight is 303 g/mol. The first-order valence-electron chi connectivity index (χ1n) is 5.90. The molecule has 0 saturated carbocycles. The van der Waals surface area contributed by atoms with Gasteiger partial charge in [-0.2, -0.15) is 0 Å². The van der Waals surface area contributed by atoms with Gasteiger partial charge in [-0.05, 0) is 31.0 Å². The van der Waals surface area contributed by atoms with Gasteiger partial charge >= 0.3 is 0 Å². The summed E-state index contributed by atoms with van der Waals surface area (Å²) in [6.07, 6.45) is 1.67. The van der Waals surface area contributed by atoms with Gasteiger partial charge < -0.3 is 11.1 Å². The Bertz CT molecular complexity index is 591. The summed E-state index contributed by atoms with van der Waals surface area (Å²) in [6.45, 7) is 0. The van der Waals surface area contributed by atoms with Crippen molar-refractivity contribution >= 4 is 32.2 Å². The molecule has 1 aliphatic heterocycles. The molecule has 0 aromatic heterocycles. The topological polar surface area (TPSA) is 115 Å². The standard InChI is InChI=1S/C11H17N3O3S2/c12-10-7-9(1-2-11(10)19(13,16)17)14-8-3-5-18(15)6-4-8/h1-2,7-8,14H,3-6,12H2,(H2,13,16,17). The van der Waals surface area contributed by atoms with Gasteiger partial charge in [0.1, 0.15) is 4.90 Å². The van der Waals surface area contributed by atoms with Crippen LogP contribution in [0, 0.1) is 0 Å². The lowest BCUT2D eigenvalue weighted by molar-refractivity contribution is 0.598. The number of hydrogen-bond acceptors (Lipinski definition) is 5. The van der Waals surface area contributed by atoms with E-state index in [0.717, 1.165) is 18.5 Å². The lowest BCUT2D eigenvalue weighted by atomic mass is 10.1. The second-order valence-corrected chi connectivity index (χ2v) is 7.79. The van der Waals surface area contributed by atoms with E-state index in [1.54, 1.807) is 12.1 Å². The van der Waals surface area contributed by atoms with Crippen LogP contribution in [0.4, 0.5) is 11.4 Å². The quantitative estimate of drug-likeness (QED) is 0.692. The monoisotopic (exact) mass is 303 g/mol. The molecule has 1 aromatic rings. The fourth-order valence-corrected chi connectivity index (χ4v) is 4.02. The molecule has 8 heteroatoms. The minimum atomic E-state index is -3.78. The third kappa shape index (κ3) is 3.68. The lowest BCUT2D eigenvalue weighted by Gasteiger charge is -2.23. The van der Waals surface area contributed by atoms with Gasteiger partial charge in [0.2, 0.25) is 10.0 Å². The fourth-order valence-electron chi connectivity index (χ4n) is 2.07. The van der Waals surface area contributed by atoms with E-state index in [-0.39, 0.29) is 16.6 Å². The molecule has 19 heavy (non-hydrogen) atoms. The van der Waals surface area contributed by atoms with Gasteiger partial charge in [-0.3, -0.25) is 4.21 Å². The Balaban J connectivity index is 2.10. The highest BCUT2D eigenvalue weighted by Gasteiger charge is 2.18. The highest BCUT2D eigenvalue weighted by Crippen LogP contribution is 2.23. The van der Waals surface area contributed by atoms with Gasteiger partial charge in [0, 0.05) is 34.0 Å². The van der Waals surface area contributed by atoms with E-state index in [9.17, 15) is 12.6 Å². The number of nitrogens with one attached hydrogen (secondary N) is 1. The number of nitrogens with two attached hydrogens (primary N) is 2. The summed E-state index contributed by atoms with van der Waals surface area (Å²) >= 11 is 0. The smallest absolute Gasteiger partial charge is 0.240 e. The van der Waals surface area contributed by atoms with Crippen LogP contribution < -0.4 is 16.2 Å². The Labute approximate surface area is 115 Å². The molecule has 0 bridgehead atoms. The third-order valence-electron chi connectivity index (χ3n) is 3.08. The molecule has 5 N–H and O–H groups in total. The van der Waals surface area contributed by atoms with Crippen molar-refractivity contribution in [3.63, 3.8) is 0 Å². The van der Waals surface area contributed by atoms with Gasteiger partial charge in [-0.15, -0.1) is 0 Å². The first-order valence-corrected chi connectivity index (χ1v) is 8.93. The Morgan fingerprint density at radius 3 is 2.42 bits per heavy atom. The van der Waals surface area contributed by atoms with Crippen molar-refractivity contribution in [3.8, 4) is 0 Å². The van der Waals surface area contributed by atoms with Crippen LogP contribution in [0.2, 0.25) is 0 Å². The number of primary sulfonamides is 1. The zero-order valence-electron chi connectivity index (χ0n) is 10.3. The number of sulfonamides is 1. The van der Waals surface area contributed by atoms with Gasteiger partial charge in [0.05, 0.1) is 5.69 Å². The van der Waals surface area contributed by atoms with Crippen LogP contribution in [0.3, 0.4) is 0 Å². The van der Waals surface area contributed by atoms with E-state index in [1.807, 2.05) is 0 Å². The molecular formula is C11H17N3O3S2. The highest BCUT2D eigenvalue weighted by atomic mass is 32.2. The first kappa shape index (κ1) is 14.3. The van der Waals surface area contributed by atoms with Gasteiger partial charge in [-0.1, -0.05) is 0 Å². The fraction of sp³-hybridized carbons (Fsp3) is 0.455. The maximum absolute atomic E-state index is 11.3. The molecule has 0 spiro atoms. The van der Waals surface area contributed by atoms with E-state index < -0.39 is 20.8 Å². The van der Waals surface area contributed by atoms with Crippen LogP contribution in [0.25, 0.3) is 0 Å². The van der Waals surface area contributed by atoms with Crippen LogP contribution in [0.1, 0.15) is 12.8 Å². The molecule has 0 amide bonds. The summed E-state index contributed by atoms with van der Waals surface area (Å²) in [5.74, 6) is 1.39. The molecule has 1 fully saturated rings. The highest BCUT2D eigenvalue weighted by molar-refractivity contribution is 7.89. The van der Waals surface area contributed by atoms with Crippen molar-refractivity contribution in [3.05, 3.63) is 18.2 Å². The SMILES string of the molecule is Nc1cc(NC2CCS(=O)CC2)ccc1S(N)(=O)=O. The Morgan fingerprint density at radius 1 is 1.26 bits per heavy atom. The summed E-state index contributed by atoms with van der Waals surface area (Å²) in [4.78, 5) is -0.0669. The molecule has 1 aliphatic rings. The first-order chi connectivity index (χ1) is 8.86. The molecule has 0 aliphatic carbocycles. The van der Waals surface area contributed by atoms with Crippen LogP contribution in [-0.4, -0.2) is 30.2 Å². The zero-order valence-corrected chi connectivity index (χ0v) is 12.0. The number of rotatable bonds is 3. The number of anilines is 2. The molecule has 1 heterocycles. The Kier molecular flexibility index (Phi) is 4.12. The number of benzene rings is 1. The molecule has 0 atom stereocenters. The number of hydrogen-bond donors (Lipinski definition) is 3. The second kappa shape index (κ2) is 5.48. The van der Waals surface area contributed by atoms with Crippen LogP contribution in [0.15, 0.2) is 23.1 Å². The van der Waals surface area contributed by atoms with Gasteiger partial charge in [0.15, 0.2) is 0 Å². The zero-order chi connectivity index (χ0) is 14.0. The van der Waals surface area contributed by atoms with Crippen molar-refractivity contribution < 1.29 is 12.6 Å². The van der Waals surface area contributed by atoms with E-state index in [2.05, 4.69) is 5.32 Å². The molecule has 0 radical (unpaired) electrons. The van der Waals surface area contributed by atoms with Crippen LogP contribution in [0.5, 0.6) is 0 Å². The molecule has 6 nitrogen and oxygen atoms in total. The molecular weight excluding hydrogens is 286 g/mol. The van der Waals surface area contributed by atoms with Gasteiger partial charge in [-0.25, -0.2) is 13.6 Å². The summed E-state index contributed by atoms with van der Waals surface area (Å²) in [5, 5.41) is 8.32. The molecule has 1 saturated heterocycles. The van der Waals surface area contributed by atoms with E-state index in [1.165, 1.54) is 6.07 Å². The van der Waals surface area contributed by atoms with Crippen molar-refractivity contribution in [2.45, 2.75) is 23.8 Å². The largest absolute Gasteiger partial charge is 0.398 e. The van der Waals surface area contributed by atoms with E-state index >= 15 is 0 Å². The lowest BCUT2D eigenvalue weighted by Crippen LogP contribution is -2.29.